The Labute approximate surface area is 126 Å². The number of hydrogen-bond donors (Lipinski definition) is 0. The third kappa shape index (κ3) is 2.11. The van der Waals surface area contributed by atoms with Crippen molar-refractivity contribution in [2.24, 2.45) is 0 Å². The number of nitrogens with zero attached hydrogens (tertiary/aromatic N) is 3. The van der Waals surface area contributed by atoms with Crippen LogP contribution in [0.3, 0.4) is 0 Å². The van der Waals surface area contributed by atoms with Gasteiger partial charge in [-0.1, -0.05) is 11.3 Å². The average molecular weight is 319 g/mol. The van der Waals surface area contributed by atoms with E-state index < -0.39 is 16.5 Å². The molecule has 2 aromatic heterocycles. The summed E-state index contributed by atoms with van der Waals surface area (Å²) in [5.74, 6) is -0.765. The van der Waals surface area contributed by atoms with Crippen molar-refractivity contribution in [3.63, 3.8) is 0 Å². The highest BCUT2D eigenvalue weighted by atomic mass is 32.1. The normalized spacial score (nSPS) is 11.0. The van der Waals surface area contributed by atoms with E-state index in [0.29, 0.717) is 15.2 Å². The fourth-order valence-corrected chi connectivity index (χ4v) is 3.02. The smallest absolute Gasteiger partial charge is 0.345 e. The van der Waals surface area contributed by atoms with Crippen LogP contribution in [0.5, 0.6) is 0 Å². The molecule has 1 aromatic carbocycles. The van der Waals surface area contributed by atoms with Crippen LogP contribution in [-0.2, 0) is 4.74 Å². The van der Waals surface area contributed by atoms with E-state index in [1.54, 1.807) is 13.0 Å². The molecule has 0 bridgehead atoms. The topological polar surface area (TPSA) is 104 Å². The lowest BCUT2D eigenvalue weighted by molar-refractivity contribution is -0.384. The predicted molar refractivity (Wildman–Crippen MR) is 79.5 cm³/mol. The second-order valence-electron chi connectivity index (χ2n) is 4.33. The van der Waals surface area contributed by atoms with E-state index >= 15 is 0 Å². The quantitative estimate of drug-likeness (QED) is 0.415. The first-order valence-corrected chi connectivity index (χ1v) is 7.10. The number of ether oxygens (including phenoxy) is 1. The van der Waals surface area contributed by atoms with Crippen molar-refractivity contribution in [2.45, 2.75) is 6.92 Å². The number of nitro groups is 1. The summed E-state index contributed by atoms with van der Waals surface area (Å²) in [5, 5.41) is 10.9. The van der Waals surface area contributed by atoms with Gasteiger partial charge in [0.05, 0.1) is 27.9 Å². The molecular weight excluding hydrogens is 310 g/mol. The van der Waals surface area contributed by atoms with Gasteiger partial charge in [0.25, 0.3) is 11.2 Å². The lowest BCUT2D eigenvalue weighted by Crippen LogP contribution is -2.23. The molecule has 0 aliphatic carbocycles. The molecule has 0 unspecified atom stereocenters. The number of nitro benzene ring substituents is 1. The Hall–Kier alpha value is -2.81. The van der Waals surface area contributed by atoms with Gasteiger partial charge in [0, 0.05) is 12.1 Å². The van der Waals surface area contributed by atoms with Gasteiger partial charge in [-0.05, 0) is 13.0 Å². The number of thiazole rings is 1. The maximum Gasteiger partial charge on any atom is 0.345 e. The number of carbonyl (C=O) groups excluding carboxylic acids is 1. The van der Waals surface area contributed by atoms with E-state index in [9.17, 15) is 19.7 Å². The van der Waals surface area contributed by atoms with Gasteiger partial charge >= 0.3 is 5.97 Å². The van der Waals surface area contributed by atoms with Crippen molar-refractivity contribution in [1.29, 1.82) is 0 Å². The second-order valence-corrected chi connectivity index (χ2v) is 5.34. The predicted octanol–water partition coefficient (Wildman–Crippen LogP) is 1.99. The molecule has 0 radical (unpaired) electrons. The molecule has 0 aliphatic rings. The Morgan fingerprint density at radius 3 is 2.95 bits per heavy atom. The number of non-ortho nitro benzene ring substituents is 1. The van der Waals surface area contributed by atoms with E-state index in [1.165, 1.54) is 34.1 Å². The molecule has 0 saturated heterocycles. The fourth-order valence-electron chi connectivity index (χ4n) is 2.05. The number of rotatable bonds is 3. The second kappa shape index (κ2) is 5.19. The summed E-state index contributed by atoms with van der Waals surface area (Å²) in [6, 6.07) is 4.20. The highest BCUT2D eigenvalue weighted by Gasteiger charge is 2.18. The van der Waals surface area contributed by atoms with E-state index in [2.05, 4.69) is 4.98 Å². The molecule has 2 heterocycles. The molecule has 112 valence electrons. The number of carbonyl (C=O) groups is 1. The monoisotopic (exact) mass is 319 g/mol. The van der Waals surface area contributed by atoms with Gasteiger partial charge in [-0.25, -0.2) is 14.2 Å². The van der Waals surface area contributed by atoms with Crippen molar-refractivity contribution in [3.05, 3.63) is 50.4 Å². The molecule has 22 heavy (non-hydrogen) atoms. The average Bonchev–Trinajstić information content (AvgIpc) is 2.85. The van der Waals surface area contributed by atoms with Gasteiger partial charge in [0.15, 0.2) is 4.96 Å². The Bertz CT molecular complexity index is 975. The molecular formula is C13H9N3O5S. The summed E-state index contributed by atoms with van der Waals surface area (Å²) in [6.45, 7) is 1.77. The van der Waals surface area contributed by atoms with Gasteiger partial charge in [-0.3, -0.25) is 14.9 Å². The first kappa shape index (κ1) is 14.1. The Morgan fingerprint density at radius 2 is 2.27 bits per heavy atom. The van der Waals surface area contributed by atoms with Crippen LogP contribution in [0.2, 0.25) is 0 Å². The van der Waals surface area contributed by atoms with Crippen LogP contribution in [0.15, 0.2) is 29.2 Å². The first-order valence-electron chi connectivity index (χ1n) is 6.28. The maximum absolute atomic E-state index is 12.5. The van der Waals surface area contributed by atoms with Crippen LogP contribution < -0.4 is 5.56 Å². The molecule has 0 atom stereocenters. The van der Waals surface area contributed by atoms with E-state index in [0.717, 1.165) is 0 Å². The number of hydrogen-bond acceptors (Lipinski definition) is 7. The molecule has 0 aliphatic heterocycles. The molecule has 8 nitrogen and oxygen atoms in total. The van der Waals surface area contributed by atoms with Crippen molar-refractivity contribution < 1.29 is 14.5 Å². The van der Waals surface area contributed by atoms with E-state index in [1.807, 2.05) is 0 Å². The number of benzene rings is 1. The SMILES string of the molecule is CCOC(=O)c1cnc2sc3ccc([N+](=O)[O-])cc3n2c1=O. The number of aromatic nitrogens is 2. The first-order chi connectivity index (χ1) is 10.5. The minimum absolute atomic E-state index is 0.136. The summed E-state index contributed by atoms with van der Waals surface area (Å²) in [5.41, 5.74) is -0.598. The lowest BCUT2D eigenvalue weighted by Gasteiger charge is -2.01. The van der Waals surface area contributed by atoms with E-state index in [4.69, 9.17) is 4.74 Å². The molecule has 0 fully saturated rings. The minimum atomic E-state index is -0.765. The standard InChI is InChI=1S/C13H9N3O5S/c1-2-21-12(18)8-6-14-13-15(11(8)17)9-5-7(16(19)20)3-4-10(9)22-13/h3-6H,2H2,1H3. The summed E-state index contributed by atoms with van der Waals surface area (Å²) in [6.07, 6.45) is 1.17. The Morgan fingerprint density at radius 1 is 1.50 bits per heavy atom. The molecule has 9 heteroatoms. The molecule has 0 saturated carbocycles. The molecule has 3 aromatic rings. The molecule has 3 rings (SSSR count). The van der Waals surface area contributed by atoms with Gasteiger partial charge in [-0.2, -0.15) is 0 Å². The summed E-state index contributed by atoms with van der Waals surface area (Å²) >= 11 is 1.21. The highest BCUT2D eigenvalue weighted by molar-refractivity contribution is 7.23. The molecule has 0 amide bonds. The van der Waals surface area contributed by atoms with Crippen LogP contribution in [0.1, 0.15) is 17.3 Å². The molecule has 0 spiro atoms. The Balaban J connectivity index is 2.34. The fraction of sp³-hybridized carbons (Fsp3) is 0.154. The van der Waals surface area contributed by atoms with Crippen LogP contribution in [-0.4, -0.2) is 26.9 Å². The van der Waals surface area contributed by atoms with Crippen molar-refractivity contribution in [1.82, 2.24) is 9.38 Å². The number of fused-ring (bicyclic) bond motifs is 3. The van der Waals surface area contributed by atoms with Crippen LogP contribution in [0, 0.1) is 10.1 Å². The van der Waals surface area contributed by atoms with Crippen LogP contribution in [0.25, 0.3) is 15.2 Å². The van der Waals surface area contributed by atoms with Gasteiger partial charge < -0.3 is 4.74 Å². The van der Waals surface area contributed by atoms with Crippen molar-refractivity contribution in [2.75, 3.05) is 6.61 Å². The van der Waals surface area contributed by atoms with E-state index in [-0.39, 0.29) is 17.9 Å². The summed E-state index contributed by atoms with van der Waals surface area (Å²) in [7, 11) is 0. The third-order valence-corrected chi connectivity index (χ3v) is 4.06. The molecule has 0 N–H and O–H groups in total. The maximum atomic E-state index is 12.5. The summed E-state index contributed by atoms with van der Waals surface area (Å²) < 4.78 is 6.67. The van der Waals surface area contributed by atoms with Gasteiger partial charge in [-0.15, -0.1) is 0 Å². The zero-order valence-corrected chi connectivity index (χ0v) is 12.1. The van der Waals surface area contributed by atoms with Crippen molar-refractivity contribution >= 4 is 38.2 Å². The highest BCUT2D eigenvalue weighted by Crippen LogP contribution is 2.27. The largest absolute Gasteiger partial charge is 0.462 e. The lowest BCUT2D eigenvalue weighted by atomic mass is 10.3. The third-order valence-electron chi connectivity index (χ3n) is 3.02. The minimum Gasteiger partial charge on any atom is -0.462 e. The van der Waals surface area contributed by atoms with Gasteiger partial charge in [0.1, 0.15) is 5.56 Å². The zero-order chi connectivity index (χ0) is 15.9. The van der Waals surface area contributed by atoms with Gasteiger partial charge in [0.2, 0.25) is 0 Å². The zero-order valence-electron chi connectivity index (χ0n) is 11.3. The Kier molecular flexibility index (Phi) is 3.33. The van der Waals surface area contributed by atoms with Crippen LogP contribution >= 0.6 is 11.3 Å². The van der Waals surface area contributed by atoms with Crippen LogP contribution in [0.4, 0.5) is 5.69 Å². The number of esters is 1. The summed E-state index contributed by atoms with van der Waals surface area (Å²) in [4.78, 5) is 39.0. The van der Waals surface area contributed by atoms with Crippen molar-refractivity contribution in [3.8, 4) is 0 Å².